The molecule has 1 amide bonds. The maximum absolute atomic E-state index is 12.1. The molecular formula is C12H18N4OS2. The van der Waals surface area contributed by atoms with Crippen LogP contribution in [-0.4, -0.2) is 33.9 Å². The van der Waals surface area contributed by atoms with Gasteiger partial charge in [0.05, 0.1) is 0 Å². The fourth-order valence-corrected chi connectivity index (χ4v) is 4.06. The number of aromatic nitrogens is 1. The van der Waals surface area contributed by atoms with E-state index in [9.17, 15) is 4.79 Å². The molecule has 0 bridgehead atoms. The molecule has 2 aliphatic rings. The van der Waals surface area contributed by atoms with Gasteiger partial charge in [0.15, 0.2) is 5.82 Å². The maximum Gasteiger partial charge on any atom is 0.258 e. The Kier molecular flexibility index (Phi) is 3.83. The van der Waals surface area contributed by atoms with Crippen LogP contribution in [0.1, 0.15) is 36.0 Å². The number of anilines is 2. The summed E-state index contributed by atoms with van der Waals surface area (Å²) in [6.45, 7) is 0.885. The second-order valence-corrected chi connectivity index (χ2v) is 7.22. The van der Waals surface area contributed by atoms with Crippen molar-refractivity contribution in [3.05, 3.63) is 5.56 Å². The van der Waals surface area contributed by atoms with Crippen LogP contribution in [-0.2, 0) is 0 Å². The number of amides is 1. The van der Waals surface area contributed by atoms with Crippen molar-refractivity contribution >= 4 is 40.0 Å². The third-order valence-electron chi connectivity index (χ3n) is 3.37. The minimum Gasteiger partial charge on any atom is -0.382 e. The molecule has 19 heavy (non-hydrogen) atoms. The van der Waals surface area contributed by atoms with Crippen LogP contribution in [0.2, 0.25) is 0 Å². The van der Waals surface area contributed by atoms with Crippen molar-refractivity contribution in [2.45, 2.75) is 37.0 Å². The van der Waals surface area contributed by atoms with Gasteiger partial charge in [-0.3, -0.25) is 4.79 Å². The number of hydrogen-bond acceptors (Lipinski definition) is 6. The Morgan fingerprint density at radius 3 is 2.95 bits per heavy atom. The van der Waals surface area contributed by atoms with Crippen LogP contribution in [0.5, 0.6) is 0 Å². The molecule has 104 valence electrons. The number of rotatable bonds is 5. The van der Waals surface area contributed by atoms with Gasteiger partial charge in [-0.2, -0.15) is 16.1 Å². The van der Waals surface area contributed by atoms with Crippen LogP contribution in [0.3, 0.4) is 0 Å². The number of nitrogen functional groups attached to an aromatic ring is 1. The highest BCUT2D eigenvalue weighted by molar-refractivity contribution is 8.00. The van der Waals surface area contributed by atoms with E-state index in [0.717, 1.165) is 24.4 Å². The van der Waals surface area contributed by atoms with Gasteiger partial charge in [-0.05, 0) is 43.0 Å². The minimum absolute atomic E-state index is 0.0877. The van der Waals surface area contributed by atoms with E-state index >= 15 is 0 Å². The smallest absolute Gasteiger partial charge is 0.258 e. The van der Waals surface area contributed by atoms with E-state index in [2.05, 4.69) is 15.0 Å². The molecule has 1 aliphatic carbocycles. The van der Waals surface area contributed by atoms with Gasteiger partial charge in [0, 0.05) is 17.8 Å². The van der Waals surface area contributed by atoms with Crippen LogP contribution >= 0.6 is 23.3 Å². The molecule has 1 atom stereocenters. The number of hydrogen-bond donors (Lipinski definition) is 3. The molecule has 1 saturated carbocycles. The molecule has 1 unspecified atom stereocenters. The van der Waals surface area contributed by atoms with Crippen molar-refractivity contribution in [1.29, 1.82) is 0 Å². The monoisotopic (exact) mass is 298 g/mol. The summed E-state index contributed by atoms with van der Waals surface area (Å²) in [4.78, 5) is 12.1. The standard InChI is InChI=1S/C12H18N4OS2/c13-10-9(11(17)15-7-3-4-7)12(19-16-10)14-6-8-2-1-5-18-8/h7-8,14H,1-6H2,(H2,13,16)(H,15,17). The molecule has 1 aromatic heterocycles. The number of nitrogens with one attached hydrogen (secondary N) is 2. The number of thioether (sulfide) groups is 1. The molecule has 2 fully saturated rings. The van der Waals surface area contributed by atoms with Crippen molar-refractivity contribution in [3.8, 4) is 0 Å². The second-order valence-electron chi connectivity index (χ2n) is 5.04. The van der Waals surface area contributed by atoms with E-state index in [-0.39, 0.29) is 5.91 Å². The lowest BCUT2D eigenvalue weighted by Crippen LogP contribution is -2.27. The van der Waals surface area contributed by atoms with Crippen LogP contribution in [0, 0.1) is 0 Å². The fourth-order valence-electron chi connectivity index (χ4n) is 2.14. The average Bonchev–Trinajstić information content (AvgIpc) is 2.92. The third kappa shape index (κ3) is 3.14. The Bertz CT molecular complexity index is 466. The highest BCUT2D eigenvalue weighted by atomic mass is 32.2. The predicted octanol–water partition coefficient (Wildman–Crippen LogP) is 1.92. The molecule has 0 aromatic carbocycles. The van der Waals surface area contributed by atoms with Gasteiger partial charge >= 0.3 is 0 Å². The van der Waals surface area contributed by atoms with E-state index in [1.807, 2.05) is 11.8 Å². The van der Waals surface area contributed by atoms with Gasteiger partial charge in [-0.15, -0.1) is 0 Å². The van der Waals surface area contributed by atoms with Gasteiger partial charge in [0.1, 0.15) is 10.6 Å². The number of carbonyl (C=O) groups excluding carboxylic acids is 1. The summed E-state index contributed by atoms with van der Waals surface area (Å²) in [7, 11) is 0. The maximum atomic E-state index is 12.1. The first-order chi connectivity index (χ1) is 9.24. The highest BCUT2D eigenvalue weighted by Gasteiger charge is 2.27. The lowest BCUT2D eigenvalue weighted by molar-refractivity contribution is 0.0953. The lowest BCUT2D eigenvalue weighted by atomic mass is 10.2. The number of nitrogens with two attached hydrogens (primary N) is 1. The Morgan fingerprint density at radius 2 is 2.26 bits per heavy atom. The normalized spacial score (nSPS) is 22.4. The molecule has 2 heterocycles. The number of nitrogens with zero attached hydrogens (tertiary/aromatic N) is 1. The fraction of sp³-hybridized carbons (Fsp3) is 0.667. The van der Waals surface area contributed by atoms with E-state index < -0.39 is 0 Å². The van der Waals surface area contributed by atoms with Crippen LogP contribution in [0.4, 0.5) is 10.8 Å². The van der Waals surface area contributed by atoms with Crippen molar-refractivity contribution in [2.24, 2.45) is 0 Å². The summed E-state index contributed by atoms with van der Waals surface area (Å²) in [5, 5.41) is 7.76. The van der Waals surface area contributed by atoms with Crippen molar-refractivity contribution in [3.63, 3.8) is 0 Å². The molecule has 0 radical (unpaired) electrons. The zero-order chi connectivity index (χ0) is 13.2. The first-order valence-corrected chi connectivity index (χ1v) is 8.47. The molecule has 1 aliphatic heterocycles. The lowest BCUT2D eigenvalue weighted by Gasteiger charge is -2.11. The summed E-state index contributed by atoms with van der Waals surface area (Å²) in [6, 6.07) is 0.338. The summed E-state index contributed by atoms with van der Waals surface area (Å²) in [5.41, 5.74) is 6.34. The summed E-state index contributed by atoms with van der Waals surface area (Å²) >= 11 is 3.27. The van der Waals surface area contributed by atoms with Gasteiger partial charge in [-0.1, -0.05) is 0 Å². The van der Waals surface area contributed by atoms with Crippen LogP contribution in [0.25, 0.3) is 0 Å². The first-order valence-electron chi connectivity index (χ1n) is 6.65. The Hall–Kier alpha value is -0.950. The van der Waals surface area contributed by atoms with E-state index in [1.165, 1.54) is 30.1 Å². The van der Waals surface area contributed by atoms with Crippen LogP contribution < -0.4 is 16.4 Å². The Morgan fingerprint density at radius 1 is 1.42 bits per heavy atom. The quantitative estimate of drug-likeness (QED) is 0.774. The van der Waals surface area contributed by atoms with Crippen molar-refractivity contribution in [2.75, 3.05) is 23.3 Å². The first kappa shape index (κ1) is 13.1. The Labute approximate surface area is 120 Å². The molecule has 5 nitrogen and oxygen atoms in total. The van der Waals surface area contributed by atoms with Gasteiger partial charge in [0.2, 0.25) is 0 Å². The summed E-state index contributed by atoms with van der Waals surface area (Å²) in [6.07, 6.45) is 4.68. The average molecular weight is 298 g/mol. The molecule has 0 spiro atoms. The molecule has 3 rings (SSSR count). The van der Waals surface area contributed by atoms with Gasteiger partial charge < -0.3 is 16.4 Å². The predicted molar refractivity (Wildman–Crippen MR) is 81.0 cm³/mol. The molecule has 4 N–H and O–H groups in total. The van der Waals surface area contributed by atoms with Gasteiger partial charge in [-0.25, -0.2) is 0 Å². The minimum atomic E-state index is -0.0877. The molecule has 7 heteroatoms. The second kappa shape index (κ2) is 5.58. The van der Waals surface area contributed by atoms with E-state index in [0.29, 0.717) is 22.7 Å². The molecule has 1 aromatic rings. The van der Waals surface area contributed by atoms with Crippen molar-refractivity contribution in [1.82, 2.24) is 9.69 Å². The third-order valence-corrected chi connectivity index (χ3v) is 5.59. The zero-order valence-corrected chi connectivity index (χ0v) is 12.3. The van der Waals surface area contributed by atoms with E-state index in [1.54, 1.807) is 0 Å². The summed E-state index contributed by atoms with van der Waals surface area (Å²) in [5.74, 6) is 1.49. The highest BCUT2D eigenvalue weighted by Crippen LogP contribution is 2.31. The van der Waals surface area contributed by atoms with E-state index in [4.69, 9.17) is 5.73 Å². The van der Waals surface area contributed by atoms with Crippen LogP contribution in [0.15, 0.2) is 0 Å². The topological polar surface area (TPSA) is 80.0 Å². The summed E-state index contributed by atoms with van der Waals surface area (Å²) < 4.78 is 4.10. The Balaban J connectivity index is 1.64. The zero-order valence-electron chi connectivity index (χ0n) is 10.6. The van der Waals surface area contributed by atoms with Gasteiger partial charge in [0.25, 0.3) is 5.91 Å². The molecule has 1 saturated heterocycles. The molecular weight excluding hydrogens is 280 g/mol. The SMILES string of the molecule is Nc1nsc(NCC2CCCS2)c1C(=O)NC1CC1. The largest absolute Gasteiger partial charge is 0.382 e. The number of carbonyl (C=O) groups is 1. The van der Waals surface area contributed by atoms with Crippen molar-refractivity contribution < 1.29 is 4.79 Å².